The van der Waals surface area contributed by atoms with E-state index in [1.807, 2.05) is 61.5 Å². The van der Waals surface area contributed by atoms with Gasteiger partial charge < -0.3 is 14.2 Å². The first kappa shape index (κ1) is 22.3. The molecule has 0 N–H and O–H groups in total. The molecule has 0 fully saturated rings. The van der Waals surface area contributed by atoms with Gasteiger partial charge in [-0.2, -0.15) is 0 Å². The number of carbonyl (C=O) groups is 1. The summed E-state index contributed by atoms with van der Waals surface area (Å²) in [5, 5.41) is 2.19. The van der Waals surface area contributed by atoms with Crippen molar-refractivity contribution in [1.29, 1.82) is 0 Å². The number of aliphatic imine (C=N–C) groups is 1. The van der Waals surface area contributed by atoms with Gasteiger partial charge in [-0.25, -0.2) is 9.79 Å². The van der Waals surface area contributed by atoms with Gasteiger partial charge in [0.05, 0.1) is 16.8 Å². The Balaban J connectivity index is 1.64. The van der Waals surface area contributed by atoms with E-state index in [-0.39, 0.29) is 5.70 Å². The predicted octanol–water partition coefficient (Wildman–Crippen LogP) is 6.37. The summed E-state index contributed by atoms with van der Waals surface area (Å²) in [7, 11) is 0. The molecule has 0 amide bonds. The lowest BCUT2D eigenvalue weighted by Crippen LogP contribution is -2.05. The van der Waals surface area contributed by atoms with E-state index in [2.05, 4.69) is 34.5 Å². The Morgan fingerprint density at radius 3 is 2.62 bits per heavy atom. The minimum Gasteiger partial charge on any atom is -0.490 e. The minimum absolute atomic E-state index is 0.256. The molecule has 0 spiro atoms. The highest BCUT2D eigenvalue weighted by atomic mass is 127. The Morgan fingerprint density at radius 2 is 1.84 bits per heavy atom. The lowest BCUT2D eigenvalue weighted by molar-refractivity contribution is -0.129. The number of hydrogen-bond donors (Lipinski definition) is 0. The van der Waals surface area contributed by atoms with Crippen LogP contribution in [0.15, 0.2) is 65.3 Å². The topological polar surface area (TPSA) is 57.1 Å². The molecule has 1 aliphatic heterocycles. The molecule has 32 heavy (non-hydrogen) atoms. The van der Waals surface area contributed by atoms with Crippen molar-refractivity contribution in [2.45, 2.75) is 26.7 Å². The van der Waals surface area contributed by atoms with Crippen LogP contribution in [0, 0.1) is 3.57 Å². The highest BCUT2D eigenvalue weighted by molar-refractivity contribution is 14.1. The van der Waals surface area contributed by atoms with E-state index < -0.39 is 5.97 Å². The minimum atomic E-state index is -0.468. The molecule has 0 radical (unpaired) electrons. The molecule has 3 aromatic carbocycles. The van der Waals surface area contributed by atoms with Crippen molar-refractivity contribution in [3.05, 3.63) is 75.0 Å². The van der Waals surface area contributed by atoms with Gasteiger partial charge in [-0.3, -0.25) is 0 Å². The smallest absolute Gasteiger partial charge is 0.363 e. The summed E-state index contributed by atoms with van der Waals surface area (Å²) in [4.78, 5) is 17.0. The standard InChI is InChI=1S/C26H24INO4/c1-3-5-12-31-24-21(27)13-17(15-23(24)30-4-2)14-22-26(29)32-25(28-22)20-11-10-18-8-6-7-9-19(18)16-20/h6-11,13-16H,3-5,12H2,1-2H3/b22-14-. The third-order valence-corrected chi connectivity index (χ3v) is 5.80. The van der Waals surface area contributed by atoms with E-state index in [0.717, 1.165) is 44.1 Å². The molecule has 0 unspecified atom stereocenters. The fourth-order valence-electron chi connectivity index (χ4n) is 3.41. The maximum Gasteiger partial charge on any atom is 0.363 e. The van der Waals surface area contributed by atoms with Gasteiger partial charge in [0.2, 0.25) is 5.90 Å². The van der Waals surface area contributed by atoms with Crippen LogP contribution in [0.25, 0.3) is 16.8 Å². The highest BCUT2D eigenvalue weighted by Gasteiger charge is 2.24. The number of esters is 1. The number of nitrogens with zero attached hydrogens (tertiary/aromatic N) is 1. The largest absolute Gasteiger partial charge is 0.490 e. The average molecular weight is 541 g/mol. The molecular weight excluding hydrogens is 517 g/mol. The molecule has 5 nitrogen and oxygen atoms in total. The van der Waals surface area contributed by atoms with E-state index in [0.29, 0.717) is 24.9 Å². The van der Waals surface area contributed by atoms with Gasteiger partial charge in [-0.15, -0.1) is 0 Å². The van der Waals surface area contributed by atoms with E-state index in [1.165, 1.54) is 0 Å². The van der Waals surface area contributed by atoms with Crippen LogP contribution < -0.4 is 9.47 Å². The molecule has 0 bridgehead atoms. The molecule has 0 saturated carbocycles. The molecule has 1 aliphatic rings. The second kappa shape index (κ2) is 10.2. The summed E-state index contributed by atoms with van der Waals surface area (Å²) in [6, 6.07) is 17.7. The predicted molar refractivity (Wildman–Crippen MR) is 135 cm³/mol. The number of unbranched alkanes of at least 4 members (excludes halogenated alkanes) is 1. The van der Waals surface area contributed by atoms with Gasteiger partial charge in [0.1, 0.15) is 0 Å². The number of halogens is 1. The first-order valence-corrected chi connectivity index (χ1v) is 11.8. The molecule has 3 aromatic rings. The molecule has 0 aromatic heterocycles. The summed E-state index contributed by atoms with van der Waals surface area (Å²) in [5.41, 5.74) is 1.83. The second-order valence-corrected chi connectivity index (χ2v) is 8.53. The average Bonchev–Trinajstić information content (AvgIpc) is 3.15. The zero-order valence-corrected chi connectivity index (χ0v) is 20.2. The van der Waals surface area contributed by atoms with E-state index in [4.69, 9.17) is 14.2 Å². The van der Waals surface area contributed by atoms with Gasteiger partial charge in [0, 0.05) is 5.56 Å². The van der Waals surface area contributed by atoms with E-state index in [9.17, 15) is 4.79 Å². The molecule has 0 atom stereocenters. The lowest BCUT2D eigenvalue weighted by Gasteiger charge is -2.14. The number of cyclic esters (lactones) is 1. The van der Waals surface area contributed by atoms with Crippen molar-refractivity contribution < 1.29 is 19.0 Å². The first-order chi connectivity index (χ1) is 15.6. The molecule has 0 aliphatic carbocycles. The van der Waals surface area contributed by atoms with Crippen molar-refractivity contribution in [3.63, 3.8) is 0 Å². The number of hydrogen-bond acceptors (Lipinski definition) is 5. The molecule has 1 heterocycles. The quantitative estimate of drug-likeness (QED) is 0.144. The van der Waals surface area contributed by atoms with Gasteiger partial charge in [0.15, 0.2) is 17.2 Å². The third kappa shape index (κ3) is 4.96. The Labute approximate surface area is 201 Å². The number of carbonyl (C=O) groups excluding carboxylic acids is 1. The molecule has 4 rings (SSSR count). The number of rotatable bonds is 8. The maximum atomic E-state index is 12.5. The van der Waals surface area contributed by atoms with Gasteiger partial charge in [-0.1, -0.05) is 43.7 Å². The van der Waals surface area contributed by atoms with Gasteiger partial charge in [-0.05, 0) is 82.6 Å². The second-order valence-electron chi connectivity index (χ2n) is 7.36. The third-order valence-electron chi connectivity index (χ3n) is 5.00. The van der Waals surface area contributed by atoms with Crippen molar-refractivity contribution in [2.24, 2.45) is 4.99 Å². The fraction of sp³-hybridized carbons (Fsp3) is 0.231. The van der Waals surface area contributed by atoms with Gasteiger partial charge in [0.25, 0.3) is 0 Å². The SMILES string of the molecule is CCCCOc1c(I)cc(/C=C2\N=C(c3ccc4ccccc4c3)OC2=O)cc1OCC. The number of fused-ring (bicyclic) bond motifs is 1. The maximum absolute atomic E-state index is 12.5. The van der Waals surface area contributed by atoms with Crippen LogP contribution in [0.1, 0.15) is 37.8 Å². The summed E-state index contributed by atoms with van der Waals surface area (Å²) in [6.07, 6.45) is 3.76. The van der Waals surface area contributed by atoms with Gasteiger partial charge >= 0.3 is 5.97 Å². The van der Waals surface area contributed by atoms with Crippen molar-refractivity contribution >= 4 is 51.3 Å². The highest BCUT2D eigenvalue weighted by Crippen LogP contribution is 2.35. The van der Waals surface area contributed by atoms with E-state index in [1.54, 1.807) is 6.08 Å². The van der Waals surface area contributed by atoms with Crippen LogP contribution in [-0.2, 0) is 9.53 Å². The first-order valence-electron chi connectivity index (χ1n) is 10.7. The lowest BCUT2D eigenvalue weighted by atomic mass is 10.1. The Bertz CT molecular complexity index is 1220. The normalized spacial score (nSPS) is 14.5. The number of ether oxygens (including phenoxy) is 3. The summed E-state index contributed by atoms with van der Waals surface area (Å²) < 4.78 is 18.1. The Morgan fingerprint density at radius 1 is 1.03 bits per heavy atom. The van der Waals surface area contributed by atoms with Crippen molar-refractivity contribution in [2.75, 3.05) is 13.2 Å². The van der Waals surface area contributed by atoms with Crippen LogP contribution in [0.4, 0.5) is 0 Å². The fourth-order valence-corrected chi connectivity index (χ4v) is 4.19. The number of benzene rings is 3. The Kier molecular flexibility index (Phi) is 7.09. The Hall–Kier alpha value is -2.87. The van der Waals surface area contributed by atoms with Crippen LogP contribution in [0.5, 0.6) is 11.5 Å². The molecule has 6 heteroatoms. The summed E-state index contributed by atoms with van der Waals surface area (Å²) in [6.45, 7) is 5.22. The van der Waals surface area contributed by atoms with E-state index >= 15 is 0 Å². The van der Waals surface area contributed by atoms with Crippen molar-refractivity contribution in [3.8, 4) is 11.5 Å². The monoisotopic (exact) mass is 541 g/mol. The zero-order chi connectivity index (χ0) is 22.5. The van der Waals surface area contributed by atoms with Crippen LogP contribution in [0.2, 0.25) is 0 Å². The van der Waals surface area contributed by atoms with Crippen LogP contribution >= 0.6 is 22.6 Å². The molecular formula is C26H24INO4. The van der Waals surface area contributed by atoms with Crippen LogP contribution in [-0.4, -0.2) is 25.1 Å². The summed E-state index contributed by atoms with van der Waals surface area (Å²) >= 11 is 2.23. The molecule has 0 saturated heterocycles. The molecule has 164 valence electrons. The van der Waals surface area contributed by atoms with Crippen LogP contribution in [0.3, 0.4) is 0 Å². The summed E-state index contributed by atoms with van der Waals surface area (Å²) in [5.74, 6) is 1.24. The van der Waals surface area contributed by atoms with Crippen molar-refractivity contribution in [1.82, 2.24) is 0 Å². The zero-order valence-electron chi connectivity index (χ0n) is 18.1.